The zero-order chi connectivity index (χ0) is 12.8. The average Bonchev–Trinajstić information content (AvgIpc) is 2.28. The van der Waals surface area contributed by atoms with Gasteiger partial charge >= 0.3 is 5.97 Å². The summed E-state index contributed by atoms with van der Waals surface area (Å²) >= 11 is 0. The second kappa shape index (κ2) is 6.20. The average molecular weight is 240 g/mol. The van der Waals surface area contributed by atoms with Crippen molar-refractivity contribution in [2.45, 2.75) is 13.0 Å². The lowest BCUT2D eigenvalue weighted by Gasteiger charge is -2.24. The van der Waals surface area contributed by atoms with Crippen molar-refractivity contribution in [3.8, 4) is 0 Å². The highest BCUT2D eigenvalue weighted by atomic mass is 19.1. The van der Waals surface area contributed by atoms with Crippen LogP contribution in [0.5, 0.6) is 0 Å². The molecule has 0 aromatic heterocycles. The molecule has 0 heterocycles. The number of aliphatic carboxylic acids is 1. The van der Waals surface area contributed by atoms with Gasteiger partial charge in [-0.15, -0.1) is 0 Å². The van der Waals surface area contributed by atoms with Crippen LogP contribution in [-0.4, -0.2) is 37.3 Å². The fourth-order valence-corrected chi connectivity index (χ4v) is 1.61. The molecule has 0 fully saturated rings. The number of carboxylic acid groups (broad SMARTS) is 1. The van der Waals surface area contributed by atoms with Crippen LogP contribution in [0, 0.1) is 5.82 Å². The van der Waals surface area contributed by atoms with Gasteiger partial charge in [0.15, 0.2) is 0 Å². The largest absolute Gasteiger partial charge is 0.480 e. The minimum absolute atomic E-state index is 0.212. The van der Waals surface area contributed by atoms with E-state index in [1.807, 2.05) is 6.92 Å². The van der Waals surface area contributed by atoms with Gasteiger partial charge in [0.05, 0.1) is 5.69 Å². The summed E-state index contributed by atoms with van der Waals surface area (Å²) in [6.07, 6.45) is 0. The molecule has 0 bridgehead atoms. The van der Waals surface area contributed by atoms with E-state index >= 15 is 0 Å². The van der Waals surface area contributed by atoms with Gasteiger partial charge in [0.2, 0.25) is 0 Å². The number of rotatable bonds is 6. The molecule has 2 N–H and O–H groups in total. The molecule has 17 heavy (non-hydrogen) atoms. The van der Waals surface area contributed by atoms with E-state index in [1.54, 1.807) is 30.1 Å². The fourth-order valence-electron chi connectivity index (χ4n) is 1.61. The first-order valence-corrected chi connectivity index (χ1v) is 5.48. The molecule has 1 unspecified atom stereocenters. The van der Waals surface area contributed by atoms with Crippen LogP contribution in [0.2, 0.25) is 0 Å². The molecule has 1 aromatic rings. The molecule has 1 atom stereocenters. The van der Waals surface area contributed by atoms with Crippen molar-refractivity contribution < 1.29 is 14.3 Å². The van der Waals surface area contributed by atoms with Gasteiger partial charge in [-0.2, -0.15) is 0 Å². The van der Waals surface area contributed by atoms with Gasteiger partial charge in [-0.25, -0.2) is 4.39 Å². The minimum atomic E-state index is -0.935. The van der Waals surface area contributed by atoms with Crippen LogP contribution in [0.4, 0.5) is 10.1 Å². The highest BCUT2D eigenvalue weighted by molar-refractivity contribution is 5.74. The number of anilines is 1. The molecule has 0 radical (unpaired) electrons. The number of para-hydroxylation sites is 1. The van der Waals surface area contributed by atoms with Gasteiger partial charge in [-0.05, 0) is 18.7 Å². The third kappa shape index (κ3) is 3.71. The maximum Gasteiger partial charge on any atom is 0.322 e. The second-order valence-electron chi connectivity index (χ2n) is 3.78. The van der Waals surface area contributed by atoms with E-state index in [0.717, 1.165) is 0 Å². The third-order valence-electron chi connectivity index (χ3n) is 2.47. The standard InChI is InChI=1S/C12H17FN2O2/c1-3-14-10(12(16)17)8-15(2)11-7-5-4-6-9(11)13/h4-7,10,14H,3,8H2,1-2H3,(H,16,17). The summed E-state index contributed by atoms with van der Waals surface area (Å²) in [7, 11) is 1.67. The monoisotopic (exact) mass is 240 g/mol. The number of carboxylic acids is 1. The van der Waals surface area contributed by atoms with E-state index in [-0.39, 0.29) is 12.4 Å². The summed E-state index contributed by atoms with van der Waals surface area (Å²) in [4.78, 5) is 12.6. The summed E-state index contributed by atoms with van der Waals surface area (Å²) in [6, 6.07) is 5.60. The number of likely N-dealkylation sites (N-methyl/N-ethyl adjacent to an activating group) is 2. The predicted molar refractivity (Wildman–Crippen MR) is 64.8 cm³/mol. The van der Waals surface area contributed by atoms with Gasteiger partial charge in [-0.1, -0.05) is 19.1 Å². The first kappa shape index (κ1) is 13.4. The summed E-state index contributed by atoms with van der Waals surface area (Å²) < 4.78 is 13.5. The maximum absolute atomic E-state index is 13.5. The van der Waals surface area contributed by atoms with E-state index in [2.05, 4.69) is 5.32 Å². The second-order valence-corrected chi connectivity index (χ2v) is 3.78. The quantitative estimate of drug-likeness (QED) is 0.787. The first-order chi connectivity index (χ1) is 8.06. The lowest BCUT2D eigenvalue weighted by atomic mass is 10.2. The van der Waals surface area contributed by atoms with Crippen LogP contribution in [-0.2, 0) is 4.79 Å². The highest BCUT2D eigenvalue weighted by Crippen LogP contribution is 2.17. The van der Waals surface area contributed by atoms with Crippen molar-refractivity contribution in [3.05, 3.63) is 30.1 Å². The lowest BCUT2D eigenvalue weighted by Crippen LogP contribution is -2.45. The molecule has 0 amide bonds. The number of nitrogens with one attached hydrogen (secondary N) is 1. The maximum atomic E-state index is 13.5. The normalized spacial score (nSPS) is 12.2. The molecule has 1 aromatic carbocycles. The topological polar surface area (TPSA) is 52.6 Å². The Balaban J connectivity index is 2.73. The molecule has 1 rings (SSSR count). The molecular weight excluding hydrogens is 223 g/mol. The van der Waals surface area contributed by atoms with Gasteiger partial charge in [-0.3, -0.25) is 4.79 Å². The number of hydrogen-bond acceptors (Lipinski definition) is 3. The van der Waals surface area contributed by atoms with E-state index < -0.39 is 12.0 Å². The summed E-state index contributed by atoms with van der Waals surface area (Å²) in [5.74, 6) is -1.29. The van der Waals surface area contributed by atoms with E-state index in [0.29, 0.717) is 12.2 Å². The molecule has 94 valence electrons. The number of hydrogen-bond donors (Lipinski definition) is 2. The summed E-state index contributed by atoms with van der Waals surface area (Å²) in [5.41, 5.74) is 0.400. The molecule has 0 saturated heterocycles. The van der Waals surface area contributed by atoms with Crippen molar-refractivity contribution in [2.24, 2.45) is 0 Å². The van der Waals surface area contributed by atoms with Gasteiger partial charge < -0.3 is 15.3 Å². The van der Waals surface area contributed by atoms with Crippen LogP contribution in [0.15, 0.2) is 24.3 Å². The Morgan fingerprint density at radius 1 is 1.53 bits per heavy atom. The lowest BCUT2D eigenvalue weighted by molar-refractivity contribution is -0.139. The SMILES string of the molecule is CCNC(CN(C)c1ccccc1F)C(=O)O. The smallest absolute Gasteiger partial charge is 0.322 e. The van der Waals surface area contributed by atoms with Crippen molar-refractivity contribution >= 4 is 11.7 Å². The first-order valence-electron chi connectivity index (χ1n) is 5.48. The molecule has 4 nitrogen and oxygen atoms in total. The van der Waals surface area contributed by atoms with Crippen molar-refractivity contribution in [3.63, 3.8) is 0 Å². The Hall–Kier alpha value is -1.62. The molecule has 0 aliphatic carbocycles. The molecule has 0 aliphatic heterocycles. The predicted octanol–water partition coefficient (Wildman–Crippen LogP) is 1.32. The number of carbonyl (C=O) groups is 1. The minimum Gasteiger partial charge on any atom is -0.480 e. The van der Waals surface area contributed by atoms with Crippen LogP contribution < -0.4 is 10.2 Å². The number of halogens is 1. The Kier molecular flexibility index (Phi) is 4.90. The Morgan fingerprint density at radius 3 is 2.71 bits per heavy atom. The van der Waals surface area contributed by atoms with Gasteiger partial charge in [0.1, 0.15) is 11.9 Å². The third-order valence-corrected chi connectivity index (χ3v) is 2.47. The molecular formula is C12H17FN2O2. The molecule has 5 heteroatoms. The van der Waals surface area contributed by atoms with Crippen LogP contribution in [0.1, 0.15) is 6.92 Å². The van der Waals surface area contributed by atoms with Crippen LogP contribution in [0.25, 0.3) is 0 Å². The van der Waals surface area contributed by atoms with Gasteiger partial charge in [0.25, 0.3) is 0 Å². The van der Waals surface area contributed by atoms with E-state index in [4.69, 9.17) is 5.11 Å². The number of benzene rings is 1. The molecule has 0 spiro atoms. The van der Waals surface area contributed by atoms with Crippen molar-refractivity contribution in [2.75, 3.05) is 25.0 Å². The van der Waals surface area contributed by atoms with Crippen LogP contribution >= 0.6 is 0 Å². The Labute approximate surface area is 100 Å². The fraction of sp³-hybridized carbons (Fsp3) is 0.417. The van der Waals surface area contributed by atoms with Crippen molar-refractivity contribution in [1.82, 2.24) is 5.32 Å². The van der Waals surface area contributed by atoms with E-state index in [9.17, 15) is 9.18 Å². The van der Waals surface area contributed by atoms with E-state index in [1.165, 1.54) is 6.07 Å². The Morgan fingerprint density at radius 2 is 2.18 bits per heavy atom. The molecule has 0 aliphatic rings. The van der Waals surface area contributed by atoms with Crippen LogP contribution in [0.3, 0.4) is 0 Å². The summed E-state index contributed by atoms with van der Waals surface area (Å²) in [6.45, 7) is 2.60. The summed E-state index contributed by atoms with van der Waals surface area (Å²) in [5, 5.41) is 11.8. The Bertz CT molecular complexity index is 385. The zero-order valence-electron chi connectivity index (χ0n) is 9.98. The number of nitrogens with zero attached hydrogens (tertiary/aromatic N) is 1. The molecule has 0 saturated carbocycles. The zero-order valence-corrected chi connectivity index (χ0v) is 9.98. The van der Waals surface area contributed by atoms with Gasteiger partial charge in [0, 0.05) is 13.6 Å². The van der Waals surface area contributed by atoms with Crippen molar-refractivity contribution in [1.29, 1.82) is 0 Å². The highest BCUT2D eigenvalue weighted by Gasteiger charge is 2.19.